The standard InChI is InChI=1S/C14H21NO3S/c1-10(2)7-11-3-4-12(19-11)8-15-5-6-18-13(9-15)14(16)17/h3-4,10,13H,5-9H2,1-2H3,(H,16,17)/t13-/m0/s1. The predicted molar refractivity (Wildman–Crippen MR) is 75.5 cm³/mol. The molecule has 4 nitrogen and oxygen atoms in total. The molecule has 1 saturated heterocycles. The van der Waals surface area contributed by atoms with Crippen LogP contribution in [0.2, 0.25) is 0 Å². The van der Waals surface area contributed by atoms with Crippen molar-refractivity contribution in [2.75, 3.05) is 19.7 Å². The van der Waals surface area contributed by atoms with Gasteiger partial charge in [0.1, 0.15) is 0 Å². The summed E-state index contributed by atoms with van der Waals surface area (Å²) >= 11 is 1.83. The van der Waals surface area contributed by atoms with Gasteiger partial charge in [0, 0.05) is 29.4 Å². The van der Waals surface area contributed by atoms with E-state index < -0.39 is 12.1 Å². The largest absolute Gasteiger partial charge is 0.479 e. The highest BCUT2D eigenvalue weighted by Gasteiger charge is 2.26. The van der Waals surface area contributed by atoms with E-state index in [9.17, 15) is 4.79 Å². The Kier molecular flexibility index (Phi) is 4.96. The van der Waals surface area contributed by atoms with Gasteiger partial charge in [0.25, 0.3) is 0 Å². The molecule has 1 aromatic heterocycles. The van der Waals surface area contributed by atoms with Gasteiger partial charge in [-0.1, -0.05) is 13.8 Å². The lowest BCUT2D eigenvalue weighted by Gasteiger charge is -2.30. The van der Waals surface area contributed by atoms with Crippen LogP contribution >= 0.6 is 11.3 Å². The van der Waals surface area contributed by atoms with Crippen molar-refractivity contribution >= 4 is 17.3 Å². The van der Waals surface area contributed by atoms with E-state index in [1.807, 2.05) is 11.3 Å². The van der Waals surface area contributed by atoms with E-state index in [0.717, 1.165) is 19.5 Å². The van der Waals surface area contributed by atoms with Gasteiger partial charge in [0.2, 0.25) is 0 Å². The van der Waals surface area contributed by atoms with E-state index in [2.05, 4.69) is 30.9 Å². The van der Waals surface area contributed by atoms with Crippen molar-refractivity contribution in [3.63, 3.8) is 0 Å². The van der Waals surface area contributed by atoms with E-state index >= 15 is 0 Å². The molecule has 2 rings (SSSR count). The average Bonchev–Trinajstić information content (AvgIpc) is 2.76. The SMILES string of the molecule is CC(C)Cc1ccc(CN2CCO[C@H](C(=O)O)C2)s1. The molecule has 5 heteroatoms. The number of nitrogens with zero attached hydrogens (tertiary/aromatic N) is 1. The molecule has 1 N–H and O–H groups in total. The molecule has 1 aliphatic heterocycles. The summed E-state index contributed by atoms with van der Waals surface area (Å²) in [6, 6.07) is 4.35. The highest BCUT2D eigenvalue weighted by atomic mass is 32.1. The van der Waals surface area contributed by atoms with Crippen LogP contribution in [0.15, 0.2) is 12.1 Å². The maximum absolute atomic E-state index is 10.9. The fourth-order valence-corrected chi connectivity index (χ4v) is 3.51. The molecule has 0 saturated carbocycles. The molecule has 19 heavy (non-hydrogen) atoms. The van der Waals surface area contributed by atoms with Crippen molar-refractivity contribution in [3.05, 3.63) is 21.9 Å². The van der Waals surface area contributed by atoms with Crippen LogP contribution in [0.25, 0.3) is 0 Å². The Balaban J connectivity index is 1.89. The van der Waals surface area contributed by atoms with Crippen molar-refractivity contribution in [2.45, 2.75) is 32.9 Å². The van der Waals surface area contributed by atoms with Crippen molar-refractivity contribution in [3.8, 4) is 0 Å². The lowest BCUT2D eigenvalue weighted by molar-refractivity contribution is -0.156. The third kappa shape index (κ3) is 4.30. The first-order chi connectivity index (χ1) is 9.04. The first kappa shape index (κ1) is 14.5. The first-order valence-corrected chi connectivity index (χ1v) is 7.50. The second-order valence-electron chi connectivity index (χ2n) is 5.40. The van der Waals surface area contributed by atoms with E-state index in [1.165, 1.54) is 9.75 Å². The zero-order valence-corrected chi connectivity index (χ0v) is 12.3. The molecule has 0 amide bonds. The summed E-state index contributed by atoms with van der Waals surface area (Å²) in [4.78, 5) is 15.8. The molecule has 1 aliphatic rings. The topological polar surface area (TPSA) is 49.8 Å². The number of rotatable bonds is 5. The van der Waals surface area contributed by atoms with Gasteiger partial charge >= 0.3 is 5.97 Å². The van der Waals surface area contributed by atoms with Gasteiger partial charge in [0.05, 0.1) is 6.61 Å². The minimum atomic E-state index is -0.864. The Hall–Kier alpha value is -0.910. The van der Waals surface area contributed by atoms with E-state index in [4.69, 9.17) is 9.84 Å². The molecule has 0 aromatic carbocycles. The Bertz CT molecular complexity index is 430. The van der Waals surface area contributed by atoms with Crippen LogP contribution in [-0.2, 0) is 22.5 Å². The summed E-state index contributed by atoms with van der Waals surface area (Å²) in [5.74, 6) is -0.192. The Morgan fingerprint density at radius 2 is 2.26 bits per heavy atom. The van der Waals surface area contributed by atoms with Gasteiger partial charge < -0.3 is 9.84 Å². The van der Waals surface area contributed by atoms with Crippen molar-refractivity contribution in [1.29, 1.82) is 0 Å². The van der Waals surface area contributed by atoms with Crippen LogP contribution in [0.1, 0.15) is 23.6 Å². The number of ether oxygens (including phenoxy) is 1. The Morgan fingerprint density at radius 1 is 1.53 bits per heavy atom. The fraction of sp³-hybridized carbons (Fsp3) is 0.643. The molecule has 0 spiro atoms. The third-order valence-corrected chi connectivity index (χ3v) is 4.22. The quantitative estimate of drug-likeness (QED) is 0.900. The van der Waals surface area contributed by atoms with Crippen molar-refractivity contribution < 1.29 is 14.6 Å². The molecule has 0 bridgehead atoms. The van der Waals surface area contributed by atoms with Gasteiger partial charge in [0.15, 0.2) is 6.10 Å². The highest BCUT2D eigenvalue weighted by Crippen LogP contribution is 2.22. The molecule has 0 radical (unpaired) electrons. The lowest BCUT2D eigenvalue weighted by atomic mass is 10.1. The average molecular weight is 283 g/mol. The maximum Gasteiger partial charge on any atom is 0.334 e. The third-order valence-electron chi connectivity index (χ3n) is 3.13. The van der Waals surface area contributed by atoms with Gasteiger partial charge in [-0.25, -0.2) is 4.79 Å². The Morgan fingerprint density at radius 3 is 2.95 bits per heavy atom. The van der Waals surface area contributed by atoms with Crippen LogP contribution in [0.3, 0.4) is 0 Å². The van der Waals surface area contributed by atoms with Crippen LogP contribution in [0, 0.1) is 5.92 Å². The summed E-state index contributed by atoms with van der Waals surface area (Å²) in [7, 11) is 0. The number of aliphatic carboxylic acids is 1. The summed E-state index contributed by atoms with van der Waals surface area (Å²) < 4.78 is 5.23. The number of hydrogen-bond donors (Lipinski definition) is 1. The smallest absolute Gasteiger partial charge is 0.334 e. The molecular formula is C14H21NO3S. The first-order valence-electron chi connectivity index (χ1n) is 6.69. The molecule has 1 aromatic rings. The minimum Gasteiger partial charge on any atom is -0.479 e. The summed E-state index contributed by atoms with van der Waals surface area (Å²) in [6.45, 7) is 7.06. The van der Waals surface area contributed by atoms with Gasteiger partial charge in [-0.05, 0) is 24.5 Å². The molecular weight excluding hydrogens is 262 g/mol. The lowest BCUT2D eigenvalue weighted by Crippen LogP contribution is -2.45. The van der Waals surface area contributed by atoms with Crippen LogP contribution < -0.4 is 0 Å². The molecule has 0 unspecified atom stereocenters. The summed E-state index contributed by atoms with van der Waals surface area (Å²) in [5, 5.41) is 8.98. The van der Waals surface area contributed by atoms with E-state index in [-0.39, 0.29) is 0 Å². The zero-order chi connectivity index (χ0) is 13.8. The molecule has 1 fully saturated rings. The Labute approximate surface area is 118 Å². The summed E-state index contributed by atoms with van der Waals surface area (Å²) in [5.41, 5.74) is 0. The normalized spacial score (nSPS) is 20.9. The zero-order valence-electron chi connectivity index (χ0n) is 11.5. The second kappa shape index (κ2) is 6.50. The van der Waals surface area contributed by atoms with Crippen LogP contribution in [0.4, 0.5) is 0 Å². The van der Waals surface area contributed by atoms with Gasteiger partial charge in [-0.3, -0.25) is 4.90 Å². The predicted octanol–water partition coefficient (Wildman–Crippen LogP) is 2.23. The second-order valence-corrected chi connectivity index (χ2v) is 6.65. The number of carboxylic acid groups (broad SMARTS) is 1. The van der Waals surface area contributed by atoms with E-state index in [1.54, 1.807) is 0 Å². The van der Waals surface area contributed by atoms with Gasteiger partial charge in [-0.2, -0.15) is 0 Å². The molecule has 1 atom stereocenters. The van der Waals surface area contributed by atoms with Crippen LogP contribution in [-0.4, -0.2) is 41.8 Å². The van der Waals surface area contributed by atoms with Crippen molar-refractivity contribution in [1.82, 2.24) is 4.90 Å². The number of carbonyl (C=O) groups is 1. The minimum absolute atomic E-state index is 0.479. The summed E-state index contributed by atoms with van der Waals surface area (Å²) in [6.07, 6.45) is 0.440. The van der Waals surface area contributed by atoms with Gasteiger partial charge in [-0.15, -0.1) is 11.3 Å². The van der Waals surface area contributed by atoms with Crippen LogP contribution in [0.5, 0.6) is 0 Å². The van der Waals surface area contributed by atoms with Crippen molar-refractivity contribution in [2.24, 2.45) is 5.92 Å². The number of thiophene rings is 1. The van der Waals surface area contributed by atoms with E-state index in [0.29, 0.717) is 19.1 Å². The highest BCUT2D eigenvalue weighted by molar-refractivity contribution is 7.11. The molecule has 106 valence electrons. The number of carboxylic acids is 1. The number of morpholine rings is 1. The monoisotopic (exact) mass is 283 g/mol. The molecule has 2 heterocycles. The molecule has 0 aliphatic carbocycles. The maximum atomic E-state index is 10.9. The fourth-order valence-electron chi connectivity index (χ4n) is 2.24. The number of hydrogen-bond acceptors (Lipinski definition) is 4.